The predicted molar refractivity (Wildman–Crippen MR) is 92.6 cm³/mol. The van der Waals surface area contributed by atoms with Gasteiger partial charge in [0.1, 0.15) is 0 Å². The van der Waals surface area contributed by atoms with Gasteiger partial charge in [0, 0.05) is 26.2 Å². The van der Waals surface area contributed by atoms with Crippen molar-refractivity contribution in [1.29, 1.82) is 0 Å². The average molecular weight is 340 g/mol. The van der Waals surface area contributed by atoms with Crippen LogP contribution >= 0.6 is 24.8 Å². The number of hydrogen-bond acceptors (Lipinski definition) is 3. The number of halogens is 2. The Kier molecular flexibility index (Phi) is 10.6. The van der Waals surface area contributed by atoms with Crippen LogP contribution in [0.2, 0.25) is 0 Å². The van der Waals surface area contributed by atoms with Crippen molar-refractivity contribution < 1.29 is 4.79 Å². The topological polar surface area (TPSA) is 35.6 Å². The van der Waals surface area contributed by atoms with Gasteiger partial charge >= 0.3 is 0 Å². The summed E-state index contributed by atoms with van der Waals surface area (Å²) in [6.07, 6.45) is 4.61. The quantitative estimate of drug-likeness (QED) is 0.832. The molecule has 0 aromatic carbocycles. The van der Waals surface area contributed by atoms with E-state index in [1.54, 1.807) is 0 Å². The summed E-state index contributed by atoms with van der Waals surface area (Å²) in [7, 11) is 2.19. The van der Waals surface area contributed by atoms with Crippen molar-refractivity contribution in [2.45, 2.75) is 32.6 Å². The van der Waals surface area contributed by atoms with Gasteiger partial charge in [-0.05, 0) is 51.7 Å². The van der Waals surface area contributed by atoms with E-state index >= 15 is 0 Å². The summed E-state index contributed by atoms with van der Waals surface area (Å²) in [5.41, 5.74) is 0. The third-order valence-electron chi connectivity index (χ3n) is 4.42. The summed E-state index contributed by atoms with van der Waals surface area (Å²) < 4.78 is 0. The predicted octanol–water partition coefficient (Wildman–Crippen LogP) is 2.02. The van der Waals surface area contributed by atoms with Crippen molar-refractivity contribution in [3.05, 3.63) is 0 Å². The molecule has 2 atom stereocenters. The molecule has 2 rings (SSSR count). The van der Waals surface area contributed by atoms with E-state index in [1.165, 1.54) is 12.8 Å². The molecule has 2 saturated heterocycles. The Morgan fingerprint density at radius 2 is 2.10 bits per heavy atom. The van der Waals surface area contributed by atoms with E-state index in [-0.39, 0.29) is 30.7 Å². The zero-order chi connectivity index (χ0) is 13.7. The summed E-state index contributed by atoms with van der Waals surface area (Å²) in [6, 6.07) is 0. The Hall–Kier alpha value is -0.0300. The summed E-state index contributed by atoms with van der Waals surface area (Å²) in [4.78, 5) is 16.9. The zero-order valence-corrected chi connectivity index (χ0v) is 15.0. The van der Waals surface area contributed by atoms with Crippen LogP contribution in [0.15, 0.2) is 0 Å². The Morgan fingerprint density at radius 1 is 1.33 bits per heavy atom. The Bertz CT molecular complexity index is 299. The first-order valence-corrected chi connectivity index (χ1v) is 7.88. The van der Waals surface area contributed by atoms with Crippen molar-refractivity contribution in [3.8, 4) is 0 Å². The number of nitrogens with zero attached hydrogens (tertiary/aromatic N) is 2. The van der Waals surface area contributed by atoms with Crippen molar-refractivity contribution in [2.75, 3.05) is 46.3 Å². The lowest BCUT2D eigenvalue weighted by atomic mass is 9.98. The molecule has 0 aromatic rings. The fourth-order valence-electron chi connectivity index (χ4n) is 3.42. The van der Waals surface area contributed by atoms with Crippen molar-refractivity contribution in [3.63, 3.8) is 0 Å². The second-order valence-corrected chi connectivity index (χ2v) is 6.24. The third kappa shape index (κ3) is 6.31. The van der Waals surface area contributed by atoms with Gasteiger partial charge < -0.3 is 15.1 Å². The highest BCUT2D eigenvalue weighted by Crippen LogP contribution is 2.21. The lowest BCUT2D eigenvalue weighted by Crippen LogP contribution is -2.42. The minimum absolute atomic E-state index is 0. The molecule has 1 N–H and O–H groups in total. The van der Waals surface area contributed by atoms with Crippen LogP contribution in [0.4, 0.5) is 0 Å². The minimum atomic E-state index is 0. The highest BCUT2D eigenvalue weighted by molar-refractivity contribution is 5.85. The number of carbonyl (C=O) groups excluding carboxylic acids is 1. The molecule has 2 unspecified atom stereocenters. The maximum atomic E-state index is 12.4. The highest BCUT2D eigenvalue weighted by Gasteiger charge is 2.31. The second kappa shape index (κ2) is 10.7. The minimum Gasteiger partial charge on any atom is -0.342 e. The number of carbonyl (C=O) groups is 1. The van der Waals surface area contributed by atoms with E-state index in [2.05, 4.69) is 29.1 Å². The summed E-state index contributed by atoms with van der Waals surface area (Å²) in [5.74, 6) is 1.31. The summed E-state index contributed by atoms with van der Waals surface area (Å²) >= 11 is 0. The van der Waals surface area contributed by atoms with Crippen LogP contribution in [0.25, 0.3) is 0 Å². The molecule has 0 aromatic heterocycles. The van der Waals surface area contributed by atoms with Crippen LogP contribution in [0.3, 0.4) is 0 Å². The molecule has 21 heavy (non-hydrogen) atoms. The highest BCUT2D eigenvalue weighted by atomic mass is 35.5. The summed E-state index contributed by atoms with van der Waals surface area (Å²) in [5, 5.41) is 3.34. The van der Waals surface area contributed by atoms with Gasteiger partial charge in [0.25, 0.3) is 0 Å². The molecule has 0 spiro atoms. The molecule has 2 aliphatic heterocycles. The third-order valence-corrected chi connectivity index (χ3v) is 4.42. The fraction of sp³-hybridized carbons (Fsp3) is 0.933. The molecule has 0 radical (unpaired) electrons. The van der Waals surface area contributed by atoms with Crippen LogP contribution in [0.1, 0.15) is 32.6 Å². The number of hydrogen-bond donors (Lipinski definition) is 1. The average Bonchev–Trinajstić information content (AvgIpc) is 2.87. The molecule has 2 heterocycles. The molecule has 126 valence electrons. The van der Waals surface area contributed by atoms with Crippen molar-refractivity contribution in [1.82, 2.24) is 15.1 Å². The first kappa shape index (κ1) is 21.0. The standard InChI is InChI=1S/C15H29N3O.2ClH/c1-3-8-17(2)11-13-6-9-18(12-13)15(19)14-5-4-7-16-10-14;;/h13-14,16H,3-12H2,1-2H3;2*1H. The van der Waals surface area contributed by atoms with Gasteiger partial charge in [0.15, 0.2) is 0 Å². The fourth-order valence-corrected chi connectivity index (χ4v) is 3.42. The first-order chi connectivity index (χ1) is 9.20. The maximum Gasteiger partial charge on any atom is 0.226 e. The molecule has 1 amide bonds. The monoisotopic (exact) mass is 339 g/mol. The number of nitrogens with one attached hydrogen (secondary N) is 1. The zero-order valence-electron chi connectivity index (χ0n) is 13.3. The van der Waals surface area contributed by atoms with Crippen LogP contribution in [0.5, 0.6) is 0 Å². The van der Waals surface area contributed by atoms with Crippen LogP contribution < -0.4 is 5.32 Å². The molecule has 2 fully saturated rings. The van der Waals surface area contributed by atoms with Gasteiger partial charge in [0.2, 0.25) is 5.91 Å². The van der Waals surface area contributed by atoms with E-state index in [9.17, 15) is 4.79 Å². The summed E-state index contributed by atoms with van der Waals surface area (Å²) in [6.45, 7) is 8.43. The van der Waals surface area contributed by atoms with Gasteiger partial charge in [-0.2, -0.15) is 0 Å². The van der Waals surface area contributed by atoms with E-state index < -0.39 is 0 Å². The number of likely N-dealkylation sites (tertiary alicyclic amines) is 1. The molecule has 0 bridgehead atoms. The number of piperidine rings is 1. The van der Waals surface area contributed by atoms with Gasteiger partial charge in [-0.3, -0.25) is 4.79 Å². The Balaban J connectivity index is 0.00000200. The lowest BCUT2D eigenvalue weighted by Gasteiger charge is -2.27. The van der Waals surface area contributed by atoms with E-state index in [4.69, 9.17) is 0 Å². The Morgan fingerprint density at radius 3 is 2.71 bits per heavy atom. The molecule has 2 aliphatic rings. The van der Waals surface area contributed by atoms with Gasteiger partial charge in [0.05, 0.1) is 5.92 Å². The second-order valence-electron chi connectivity index (χ2n) is 6.24. The molecule has 0 aliphatic carbocycles. The largest absolute Gasteiger partial charge is 0.342 e. The number of amides is 1. The van der Waals surface area contributed by atoms with Crippen LogP contribution in [-0.2, 0) is 4.79 Å². The normalized spacial score (nSPS) is 25.4. The SMILES string of the molecule is CCCN(C)CC1CCN(C(=O)C2CCCNC2)C1.Cl.Cl. The lowest BCUT2D eigenvalue weighted by molar-refractivity contribution is -0.135. The van der Waals surface area contributed by atoms with E-state index in [0.717, 1.165) is 52.1 Å². The van der Waals surface area contributed by atoms with Crippen molar-refractivity contribution in [2.24, 2.45) is 11.8 Å². The maximum absolute atomic E-state index is 12.4. The van der Waals surface area contributed by atoms with Gasteiger partial charge in [-0.15, -0.1) is 24.8 Å². The van der Waals surface area contributed by atoms with Gasteiger partial charge in [-0.1, -0.05) is 6.92 Å². The van der Waals surface area contributed by atoms with Crippen LogP contribution in [-0.4, -0.2) is 62.0 Å². The Labute approximate surface area is 141 Å². The molecule has 4 nitrogen and oxygen atoms in total. The molecule has 0 saturated carbocycles. The smallest absolute Gasteiger partial charge is 0.226 e. The molecular formula is C15H31Cl2N3O. The van der Waals surface area contributed by atoms with E-state index in [0.29, 0.717) is 11.8 Å². The van der Waals surface area contributed by atoms with Crippen molar-refractivity contribution >= 4 is 30.7 Å². The molecule has 6 heteroatoms. The van der Waals surface area contributed by atoms with Crippen LogP contribution in [0, 0.1) is 11.8 Å². The molecular weight excluding hydrogens is 309 g/mol. The van der Waals surface area contributed by atoms with Gasteiger partial charge in [-0.25, -0.2) is 0 Å². The first-order valence-electron chi connectivity index (χ1n) is 7.88. The van der Waals surface area contributed by atoms with E-state index in [1.807, 2.05) is 0 Å². The number of rotatable bonds is 5.